The smallest absolute Gasteiger partial charge is 1.00 e. The molecular formula is C16H36NaO6P. The van der Waals surface area contributed by atoms with Gasteiger partial charge in [-0.05, 0) is 12.8 Å². The fourth-order valence-electron chi connectivity index (χ4n) is 2.53. The minimum absolute atomic E-state index is 0. The van der Waals surface area contributed by atoms with E-state index in [1.807, 2.05) is 0 Å². The molecular weight excluding hydrogens is 342 g/mol. The molecule has 4 N–H and O–H groups in total. The Bertz CT molecular complexity index is 306. The molecule has 0 heterocycles. The normalized spacial score (nSPS) is 12.8. The van der Waals surface area contributed by atoms with E-state index >= 15 is 0 Å². The fraction of sp³-hybridized carbons (Fsp3) is 1.00. The van der Waals surface area contributed by atoms with E-state index in [1.165, 1.54) is 44.9 Å². The summed E-state index contributed by atoms with van der Waals surface area (Å²) in [7, 11) is -4.46. The van der Waals surface area contributed by atoms with E-state index in [2.05, 4.69) is 4.52 Å². The van der Waals surface area contributed by atoms with Crippen molar-refractivity contribution in [3.05, 3.63) is 0 Å². The minimum atomic E-state index is -4.46. The van der Waals surface area contributed by atoms with Gasteiger partial charge in [-0.1, -0.05) is 70.6 Å². The Morgan fingerprint density at radius 2 is 1.17 bits per heavy atom. The minimum Gasteiger partial charge on any atom is -1.00 e. The summed E-state index contributed by atoms with van der Waals surface area (Å²) in [5, 5.41) is 18.2. The molecule has 8 heteroatoms. The summed E-state index contributed by atoms with van der Waals surface area (Å²) in [6, 6.07) is 0. The van der Waals surface area contributed by atoms with Gasteiger partial charge in [0.2, 0.25) is 0 Å². The molecule has 0 aromatic heterocycles. The van der Waals surface area contributed by atoms with Crippen LogP contribution in [0, 0.1) is 0 Å². The number of hydrogen-bond acceptors (Lipinski definition) is 4. The van der Waals surface area contributed by atoms with Crippen molar-refractivity contribution in [2.75, 3.05) is 13.2 Å². The maximum atomic E-state index is 10.5. The van der Waals surface area contributed by atoms with Crippen LogP contribution in [0.4, 0.5) is 0 Å². The molecule has 24 heavy (non-hydrogen) atoms. The van der Waals surface area contributed by atoms with E-state index < -0.39 is 13.9 Å². The van der Waals surface area contributed by atoms with Crippen LogP contribution in [0.2, 0.25) is 0 Å². The number of unbranched alkanes of at least 4 members (excludes halogenated alkanes) is 11. The number of aliphatic hydroxyl groups is 2. The van der Waals surface area contributed by atoms with Gasteiger partial charge in [0.05, 0.1) is 12.7 Å². The van der Waals surface area contributed by atoms with Gasteiger partial charge in [0.15, 0.2) is 0 Å². The first-order valence-corrected chi connectivity index (χ1v) is 10.5. The van der Waals surface area contributed by atoms with Gasteiger partial charge < -0.3 is 21.4 Å². The van der Waals surface area contributed by atoms with Gasteiger partial charge in [-0.25, -0.2) is 4.57 Å². The molecule has 0 saturated heterocycles. The van der Waals surface area contributed by atoms with Crippen LogP contribution in [0.5, 0.6) is 0 Å². The van der Waals surface area contributed by atoms with Crippen molar-refractivity contribution in [3.63, 3.8) is 0 Å². The van der Waals surface area contributed by atoms with Gasteiger partial charge in [0.25, 0.3) is 0 Å². The van der Waals surface area contributed by atoms with E-state index in [1.54, 1.807) is 0 Å². The third kappa shape index (κ3) is 23.0. The fourth-order valence-corrected chi connectivity index (χ4v) is 2.89. The van der Waals surface area contributed by atoms with Crippen LogP contribution in [-0.4, -0.2) is 39.3 Å². The Hall–Kier alpha value is 1.03. The maximum Gasteiger partial charge on any atom is 1.00 e. The summed E-state index contributed by atoms with van der Waals surface area (Å²) < 4.78 is 14.7. The van der Waals surface area contributed by atoms with Crippen molar-refractivity contribution in [2.45, 2.75) is 89.6 Å². The third-order valence-corrected chi connectivity index (χ3v) is 4.37. The Labute approximate surface area is 170 Å². The topological polar surface area (TPSA) is 107 Å². The first-order chi connectivity index (χ1) is 11.0. The first-order valence-electron chi connectivity index (χ1n) is 8.94. The molecule has 0 rings (SSSR count). The molecule has 0 aliphatic carbocycles. The Morgan fingerprint density at radius 1 is 0.792 bits per heavy atom. The van der Waals surface area contributed by atoms with E-state index in [0.717, 1.165) is 32.1 Å². The molecule has 0 bridgehead atoms. The van der Waals surface area contributed by atoms with Gasteiger partial charge in [-0.15, -0.1) is 0 Å². The van der Waals surface area contributed by atoms with E-state index in [0.29, 0.717) is 13.0 Å². The SMILES string of the molecule is O=P(O)(O)OCC(O)CCCCCCCCCCCCCCO.[H-].[Na+]. The van der Waals surface area contributed by atoms with Crippen molar-refractivity contribution in [3.8, 4) is 0 Å². The summed E-state index contributed by atoms with van der Waals surface area (Å²) in [5.41, 5.74) is 0. The Kier molecular flexibility index (Phi) is 21.4. The number of rotatable bonds is 17. The Morgan fingerprint density at radius 3 is 1.54 bits per heavy atom. The second-order valence-electron chi connectivity index (χ2n) is 6.20. The zero-order valence-electron chi connectivity index (χ0n) is 16.2. The van der Waals surface area contributed by atoms with Gasteiger partial charge in [-0.2, -0.15) is 0 Å². The van der Waals surface area contributed by atoms with E-state index in [4.69, 9.17) is 14.9 Å². The van der Waals surface area contributed by atoms with Crippen LogP contribution < -0.4 is 29.6 Å². The molecule has 0 aliphatic rings. The van der Waals surface area contributed by atoms with Crippen LogP contribution in [0.25, 0.3) is 0 Å². The molecule has 1 unspecified atom stereocenters. The predicted molar refractivity (Wildman–Crippen MR) is 92.2 cm³/mol. The monoisotopic (exact) mass is 378 g/mol. The molecule has 0 aliphatic heterocycles. The van der Waals surface area contributed by atoms with Gasteiger partial charge >= 0.3 is 37.4 Å². The molecule has 0 aromatic rings. The summed E-state index contributed by atoms with van der Waals surface area (Å²) in [4.78, 5) is 17.0. The van der Waals surface area contributed by atoms with Crippen LogP contribution in [-0.2, 0) is 9.09 Å². The number of hydrogen-bond donors (Lipinski definition) is 4. The van der Waals surface area contributed by atoms with Crippen LogP contribution in [0.15, 0.2) is 0 Å². The third-order valence-electron chi connectivity index (χ3n) is 3.88. The van der Waals surface area contributed by atoms with Gasteiger partial charge in [0.1, 0.15) is 0 Å². The maximum absolute atomic E-state index is 10.5. The zero-order chi connectivity index (χ0) is 17.4. The molecule has 0 amide bonds. The second kappa shape index (κ2) is 18.8. The van der Waals surface area contributed by atoms with Crippen LogP contribution in [0.1, 0.15) is 84.9 Å². The van der Waals surface area contributed by atoms with Crippen LogP contribution >= 0.6 is 7.82 Å². The van der Waals surface area contributed by atoms with Crippen molar-refractivity contribution < 1.29 is 60.1 Å². The average Bonchev–Trinajstić information content (AvgIpc) is 2.49. The standard InChI is InChI=1S/C16H35O6P.Na.H/c17-14-12-10-8-6-4-2-1-3-5-7-9-11-13-16(18)15-22-23(19,20)21;;/h16-18H,1-15H2,(H2,19,20,21);;/q;+1;-1. The molecule has 0 fully saturated rings. The number of phosphoric ester groups is 1. The summed E-state index contributed by atoms with van der Waals surface area (Å²) in [5.74, 6) is 0. The van der Waals surface area contributed by atoms with Gasteiger partial charge in [-0.3, -0.25) is 4.52 Å². The predicted octanol–water partition coefficient (Wildman–Crippen LogP) is 0.637. The molecule has 0 spiro atoms. The van der Waals surface area contributed by atoms with E-state index in [9.17, 15) is 9.67 Å². The van der Waals surface area contributed by atoms with Crippen molar-refractivity contribution in [1.29, 1.82) is 0 Å². The second-order valence-corrected chi connectivity index (χ2v) is 7.43. The van der Waals surface area contributed by atoms with Crippen molar-refractivity contribution >= 4 is 7.82 Å². The quantitative estimate of drug-likeness (QED) is 0.168. The molecule has 142 valence electrons. The van der Waals surface area contributed by atoms with Crippen LogP contribution in [0.3, 0.4) is 0 Å². The molecule has 0 saturated carbocycles. The van der Waals surface area contributed by atoms with Crippen molar-refractivity contribution in [2.24, 2.45) is 0 Å². The zero-order valence-corrected chi connectivity index (χ0v) is 18.1. The first kappa shape index (κ1) is 27.3. The summed E-state index contributed by atoms with van der Waals surface area (Å²) in [6.07, 6.45) is 13.6. The summed E-state index contributed by atoms with van der Waals surface area (Å²) in [6.45, 7) is 0.0102. The van der Waals surface area contributed by atoms with E-state index in [-0.39, 0.29) is 37.6 Å². The largest absolute Gasteiger partial charge is 1.00 e. The molecule has 1 atom stereocenters. The molecule has 0 radical (unpaired) electrons. The summed E-state index contributed by atoms with van der Waals surface area (Å²) >= 11 is 0. The van der Waals surface area contributed by atoms with Crippen molar-refractivity contribution in [1.82, 2.24) is 0 Å². The van der Waals surface area contributed by atoms with Gasteiger partial charge in [0, 0.05) is 6.61 Å². The Balaban J connectivity index is -0.00000242. The number of aliphatic hydroxyl groups excluding tert-OH is 2. The number of phosphoric acid groups is 1. The average molecular weight is 378 g/mol. The molecule has 0 aromatic carbocycles. The molecule has 6 nitrogen and oxygen atoms in total.